The number of thiophene rings is 2. The van der Waals surface area contributed by atoms with Crippen LogP contribution < -0.4 is 9.47 Å². The zero-order valence-electron chi connectivity index (χ0n) is 22.9. The Morgan fingerprint density at radius 2 is 1.05 bits per heavy atom. The number of hydrogen-bond acceptors (Lipinski definition) is 7. The summed E-state index contributed by atoms with van der Waals surface area (Å²) < 4.78 is 72.7. The first-order chi connectivity index (χ1) is 20.6. The lowest BCUT2D eigenvalue weighted by atomic mass is 10.1. The van der Waals surface area contributed by atoms with Gasteiger partial charge in [-0.05, 0) is 90.3 Å². The Balaban J connectivity index is 1.23. The smallest absolute Gasteiger partial charge is 0.397 e. The lowest BCUT2D eigenvalue weighted by Crippen LogP contribution is -2.24. The second-order valence-corrected chi connectivity index (χ2v) is 12.6. The average Bonchev–Trinajstić information content (AvgIpc) is 3.74. The standard InChI is InChI=1S/C32H24F4N2O2S3/c1-3-18-32(35,36)40-22-10-6-20(7-11-22)26-15-17-28(42-26)24-13-12-23(29-30(24)38-43-37-29)27-16-14-25(41-27)19-4-8-21(9-5-19)39-31(2,33)34/h4-17H,3,18H2,1-2H3. The van der Waals surface area contributed by atoms with E-state index >= 15 is 0 Å². The van der Waals surface area contributed by atoms with Gasteiger partial charge in [0.05, 0.1) is 18.1 Å². The average molecular weight is 641 g/mol. The Labute approximate surface area is 257 Å². The molecule has 0 aliphatic carbocycles. The number of fused-ring (bicyclic) bond motifs is 1. The maximum atomic E-state index is 13.8. The van der Waals surface area contributed by atoms with Crippen molar-refractivity contribution in [2.75, 3.05) is 0 Å². The molecule has 3 aromatic carbocycles. The molecule has 43 heavy (non-hydrogen) atoms. The molecule has 0 aliphatic heterocycles. The van der Waals surface area contributed by atoms with Gasteiger partial charge in [0, 0.05) is 37.6 Å². The molecule has 0 bridgehead atoms. The molecular weight excluding hydrogens is 617 g/mol. The topological polar surface area (TPSA) is 44.2 Å². The summed E-state index contributed by atoms with van der Waals surface area (Å²) in [5, 5.41) is 0. The van der Waals surface area contributed by atoms with E-state index in [2.05, 4.69) is 13.5 Å². The van der Waals surface area contributed by atoms with E-state index in [1.165, 1.54) is 12.1 Å². The van der Waals surface area contributed by atoms with E-state index in [4.69, 9.17) is 4.74 Å². The zero-order chi connectivity index (χ0) is 30.2. The highest BCUT2D eigenvalue weighted by Gasteiger charge is 2.30. The molecule has 0 spiro atoms. The normalized spacial score (nSPS) is 12.1. The molecule has 220 valence electrons. The van der Waals surface area contributed by atoms with E-state index in [9.17, 15) is 17.6 Å². The summed E-state index contributed by atoms with van der Waals surface area (Å²) in [5.74, 6) is 0.238. The molecule has 11 heteroatoms. The number of alkyl halides is 4. The molecule has 0 saturated carbocycles. The van der Waals surface area contributed by atoms with Gasteiger partial charge in [-0.3, -0.25) is 0 Å². The molecule has 0 aliphatic rings. The summed E-state index contributed by atoms with van der Waals surface area (Å²) in [6.07, 6.45) is -6.42. The van der Waals surface area contributed by atoms with Crippen molar-refractivity contribution < 1.29 is 27.0 Å². The van der Waals surface area contributed by atoms with Crippen LogP contribution in [0.15, 0.2) is 84.9 Å². The molecule has 0 atom stereocenters. The van der Waals surface area contributed by atoms with Gasteiger partial charge in [-0.25, -0.2) is 0 Å². The van der Waals surface area contributed by atoms with Crippen LogP contribution in [0.25, 0.3) is 52.8 Å². The number of hydrogen-bond donors (Lipinski definition) is 0. The number of benzene rings is 3. The van der Waals surface area contributed by atoms with E-state index < -0.39 is 12.2 Å². The van der Waals surface area contributed by atoms with E-state index in [-0.39, 0.29) is 17.9 Å². The summed E-state index contributed by atoms with van der Waals surface area (Å²) in [6.45, 7) is 2.40. The SMILES string of the molecule is CCCC(F)(F)Oc1ccc(-c2ccc(-c3ccc(-c4ccc(-c5ccc(OC(C)(F)F)cc5)s4)c4nsnc34)s2)cc1. The molecule has 0 amide bonds. The van der Waals surface area contributed by atoms with E-state index in [0.29, 0.717) is 13.3 Å². The maximum absolute atomic E-state index is 13.8. The molecule has 0 unspecified atom stereocenters. The molecule has 0 fully saturated rings. The van der Waals surface area contributed by atoms with Gasteiger partial charge in [0.15, 0.2) is 0 Å². The van der Waals surface area contributed by atoms with Crippen LogP contribution in [0.3, 0.4) is 0 Å². The van der Waals surface area contributed by atoms with Crippen molar-refractivity contribution in [3.8, 4) is 53.3 Å². The van der Waals surface area contributed by atoms with Crippen molar-refractivity contribution in [2.24, 2.45) is 0 Å². The summed E-state index contributed by atoms with van der Waals surface area (Å²) in [6, 6.07) is 25.4. The third-order valence-electron chi connectivity index (χ3n) is 6.54. The van der Waals surface area contributed by atoms with Crippen molar-refractivity contribution in [1.82, 2.24) is 8.75 Å². The third kappa shape index (κ3) is 6.58. The number of nitrogens with zero attached hydrogens (tertiary/aromatic N) is 2. The zero-order valence-corrected chi connectivity index (χ0v) is 25.4. The lowest BCUT2D eigenvalue weighted by Gasteiger charge is -2.17. The number of halogens is 4. The first-order valence-corrected chi connectivity index (χ1v) is 15.8. The fourth-order valence-electron chi connectivity index (χ4n) is 4.64. The minimum absolute atomic E-state index is 0.105. The fourth-order valence-corrected chi connectivity index (χ4v) is 7.28. The number of aromatic nitrogens is 2. The second kappa shape index (κ2) is 11.7. The van der Waals surface area contributed by atoms with E-state index in [0.717, 1.165) is 64.5 Å². The van der Waals surface area contributed by atoms with Gasteiger partial charge in [0.25, 0.3) is 0 Å². The van der Waals surface area contributed by atoms with Gasteiger partial charge in [0.1, 0.15) is 22.5 Å². The van der Waals surface area contributed by atoms with Gasteiger partial charge < -0.3 is 9.47 Å². The van der Waals surface area contributed by atoms with Gasteiger partial charge in [-0.1, -0.05) is 19.1 Å². The second-order valence-electron chi connectivity index (χ2n) is 9.90. The largest absolute Gasteiger partial charge is 0.433 e. The minimum atomic E-state index is -3.24. The quantitative estimate of drug-likeness (QED) is 0.140. The number of ether oxygens (including phenoxy) is 2. The van der Waals surface area contributed by atoms with Crippen LogP contribution in [0, 0.1) is 0 Å². The van der Waals surface area contributed by atoms with Crippen molar-refractivity contribution in [3.05, 3.63) is 84.9 Å². The van der Waals surface area contributed by atoms with Gasteiger partial charge in [-0.15, -0.1) is 22.7 Å². The Kier molecular flexibility index (Phi) is 7.97. The fraction of sp³-hybridized carbons (Fsp3) is 0.188. The highest BCUT2D eigenvalue weighted by atomic mass is 32.1. The predicted molar refractivity (Wildman–Crippen MR) is 167 cm³/mol. The molecule has 6 aromatic rings. The van der Waals surface area contributed by atoms with Crippen LogP contribution in [0.4, 0.5) is 17.6 Å². The monoisotopic (exact) mass is 640 g/mol. The Morgan fingerprint density at radius 3 is 1.49 bits per heavy atom. The van der Waals surface area contributed by atoms with Crippen molar-refractivity contribution in [1.29, 1.82) is 0 Å². The summed E-state index contributed by atoms with van der Waals surface area (Å²) >= 11 is 4.32. The molecule has 0 N–H and O–H groups in total. The van der Waals surface area contributed by atoms with Crippen molar-refractivity contribution in [3.63, 3.8) is 0 Å². The molecule has 0 radical (unpaired) electrons. The first kappa shape index (κ1) is 29.3. The minimum Gasteiger partial charge on any atom is -0.433 e. The van der Waals surface area contributed by atoms with Crippen molar-refractivity contribution in [2.45, 2.75) is 38.9 Å². The summed E-state index contributed by atoms with van der Waals surface area (Å²) in [4.78, 5) is 4.00. The highest BCUT2D eigenvalue weighted by Crippen LogP contribution is 2.43. The molecule has 4 nitrogen and oxygen atoms in total. The molecule has 6 rings (SSSR count). The Bertz CT molecular complexity index is 1860. The summed E-state index contributed by atoms with van der Waals surface area (Å²) in [5.41, 5.74) is 5.32. The molecule has 3 heterocycles. The van der Waals surface area contributed by atoms with Gasteiger partial charge in [-0.2, -0.15) is 26.3 Å². The summed E-state index contributed by atoms with van der Waals surface area (Å²) in [7, 11) is 0. The van der Waals surface area contributed by atoms with E-state index in [1.54, 1.807) is 66.0 Å². The Hall–Kier alpha value is -3.80. The van der Waals surface area contributed by atoms with Crippen LogP contribution in [0.1, 0.15) is 26.7 Å². The van der Waals surface area contributed by atoms with Crippen LogP contribution in [0.2, 0.25) is 0 Å². The van der Waals surface area contributed by atoms with Gasteiger partial charge >= 0.3 is 12.2 Å². The number of rotatable bonds is 10. The predicted octanol–water partition coefficient (Wildman–Crippen LogP) is 11.2. The molecular formula is C32H24F4N2O2S3. The van der Waals surface area contributed by atoms with Crippen LogP contribution in [0.5, 0.6) is 11.5 Å². The molecule has 0 saturated heterocycles. The highest BCUT2D eigenvalue weighted by molar-refractivity contribution is 7.19. The van der Waals surface area contributed by atoms with Gasteiger partial charge in [0.2, 0.25) is 0 Å². The lowest BCUT2D eigenvalue weighted by molar-refractivity contribution is -0.180. The first-order valence-electron chi connectivity index (χ1n) is 13.4. The Morgan fingerprint density at radius 1 is 0.605 bits per heavy atom. The van der Waals surface area contributed by atoms with Crippen molar-refractivity contribution >= 4 is 45.4 Å². The third-order valence-corrected chi connectivity index (χ3v) is 9.40. The van der Waals surface area contributed by atoms with Crippen LogP contribution >= 0.6 is 34.4 Å². The van der Waals surface area contributed by atoms with E-state index in [1.807, 2.05) is 36.4 Å². The van der Waals surface area contributed by atoms with Crippen LogP contribution in [-0.4, -0.2) is 21.0 Å². The molecule has 3 aromatic heterocycles. The van der Waals surface area contributed by atoms with Crippen LogP contribution in [-0.2, 0) is 0 Å². The maximum Gasteiger partial charge on any atom is 0.397 e.